The number of nitrogens with two attached hydrogens (primary N) is 1. The SMILES string of the molecule is CC1OCCC1NC(=O)CCc1cccc(N)c1. The monoisotopic (exact) mass is 248 g/mol. The van der Waals surface area contributed by atoms with Crippen LogP contribution in [0.5, 0.6) is 0 Å². The van der Waals surface area contributed by atoms with E-state index in [9.17, 15) is 4.79 Å². The van der Waals surface area contributed by atoms with Crippen LogP contribution < -0.4 is 11.1 Å². The van der Waals surface area contributed by atoms with Gasteiger partial charge in [-0.1, -0.05) is 12.1 Å². The van der Waals surface area contributed by atoms with Crippen LogP contribution in [0.15, 0.2) is 24.3 Å². The van der Waals surface area contributed by atoms with Crippen molar-refractivity contribution in [1.29, 1.82) is 0 Å². The highest BCUT2D eigenvalue weighted by molar-refractivity contribution is 5.76. The van der Waals surface area contributed by atoms with Gasteiger partial charge in [-0.2, -0.15) is 0 Å². The van der Waals surface area contributed by atoms with Crippen molar-refractivity contribution in [3.8, 4) is 0 Å². The van der Waals surface area contributed by atoms with E-state index in [1.54, 1.807) is 0 Å². The Morgan fingerprint density at radius 2 is 2.39 bits per heavy atom. The first-order valence-electron chi connectivity index (χ1n) is 6.40. The Balaban J connectivity index is 1.78. The first kappa shape index (κ1) is 12.9. The minimum atomic E-state index is 0.0831. The number of ether oxygens (including phenoxy) is 1. The summed E-state index contributed by atoms with van der Waals surface area (Å²) in [5.74, 6) is 0.0831. The highest BCUT2D eigenvalue weighted by Crippen LogP contribution is 2.13. The third kappa shape index (κ3) is 3.47. The number of aryl methyl sites for hydroxylation is 1. The topological polar surface area (TPSA) is 64.3 Å². The van der Waals surface area contributed by atoms with Gasteiger partial charge in [0.25, 0.3) is 0 Å². The minimum Gasteiger partial charge on any atom is -0.399 e. The molecule has 1 aromatic rings. The maximum absolute atomic E-state index is 11.8. The van der Waals surface area contributed by atoms with Crippen LogP contribution >= 0.6 is 0 Å². The van der Waals surface area contributed by atoms with Gasteiger partial charge in [0.05, 0.1) is 12.1 Å². The highest BCUT2D eigenvalue weighted by atomic mass is 16.5. The first-order chi connectivity index (χ1) is 8.65. The summed E-state index contributed by atoms with van der Waals surface area (Å²) in [5.41, 5.74) is 7.54. The van der Waals surface area contributed by atoms with Crippen molar-refractivity contribution >= 4 is 11.6 Å². The van der Waals surface area contributed by atoms with Crippen LogP contribution in [0.2, 0.25) is 0 Å². The third-order valence-electron chi connectivity index (χ3n) is 3.31. The van der Waals surface area contributed by atoms with Crippen molar-refractivity contribution in [3.05, 3.63) is 29.8 Å². The van der Waals surface area contributed by atoms with E-state index in [1.165, 1.54) is 0 Å². The van der Waals surface area contributed by atoms with Crippen molar-refractivity contribution in [2.45, 2.75) is 38.3 Å². The molecule has 18 heavy (non-hydrogen) atoms. The van der Waals surface area contributed by atoms with Gasteiger partial charge in [0, 0.05) is 18.7 Å². The predicted octanol–water partition coefficient (Wildman–Crippen LogP) is 1.49. The molecule has 0 saturated carbocycles. The molecule has 2 rings (SSSR count). The van der Waals surface area contributed by atoms with E-state index in [0.717, 1.165) is 30.7 Å². The number of amides is 1. The zero-order chi connectivity index (χ0) is 13.0. The van der Waals surface area contributed by atoms with Crippen LogP contribution in [-0.4, -0.2) is 24.7 Å². The van der Waals surface area contributed by atoms with E-state index in [0.29, 0.717) is 6.42 Å². The second-order valence-electron chi connectivity index (χ2n) is 4.78. The smallest absolute Gasteiger partial charge is 0.220 e. The zero-order valence-corrected chi connectivity index (χ0v) is 10.7. The minimum absolute atomic E-state index is 0.0831. The number of anilines is 1. The molecule has 2 atom stereocenters. The fourth-order valence-electron chi connectivity index (χ4n) is 2.21. The second kappa shape index (κ2) is 5.87. The number of nitrogens with one attached hydrogen (secondary N) is 1. The molecular weight excluding hydrogens is 228 g/mol. The lowest BCUT2D eigenvalue weighted by molar-refractivity contribution is -0.122. The Morgan fingerprint density at radius 3 is 3.06 bits per heavy atom. The number of hydrogen-bond donors (Lipinski definition) is 2. The molecular formula is C14H20N2O2. The summed E-state index contributed by atoms with van der Waals surface area (Å²) in [5, 5.41) is 3.02. The number of rotatable bonds is 4. The quantitative estimate of drug-likeness (QED) is 0.794. The van der Waals surface area contributed by atoms with Gasteiger partial charge in [0.1, 0.15) is 0 Å². The van der Waals surface area contributed by atoms with Gasteiger partial charge in [0.2, 0.25) is 5.91 Å². The van der Waals surface area contributed by atoms with Crippen molar-refractivity contribution in [2.75, 3.05) is 12.3 Å². The molecule has 1 aromatic carbocycles. The Kier molecular flexibility index (Phi) is 4.20. The molecule has 0 bridgehead atoms. The van der Waals surface area contributed by atoms with Gasteiger partial charge in [-0.05, 0) is 37.5 Å². The fraction of sp³-hybridized carbons (Fsp3) is 0.500. The van der Waals surface area contributed by atoms with Crippen LogP contribution in [0.25, 0.3) is 0 Å². The van der Waals surface area contributed by atoms with Gasteiger partial charge in [-0.15, -0.1) is 0 Å². The second-order valence-corrected chi connectivity index (χ2v) is 4.78. The number of carbonyl (C=O) groups excluding carboxylic acids is 1. The van der Waals surface area contributed by atoms with Crippen LogP contribution in [-0.2, 0) is 16.0 Å². The average molecular weight is 248 g/mol. The van der Waals surface area contributed by atoms with E-state index < -0.39 is 0 Å². The number of carbonyl (C=O) groups is 1. The van der Waals surface area contributed by atoms with Crippen molar-refractivity contribution in [2.24, 2.45) is 0 Å². The zero-order valence-electron chi connectivity index (χ0n) is 10.7. The number of nitrogen functional groups attached to an aromatic ring is 1. The standard InChI is InChI=1S/C14H20N2O2/c1-10-13(7-8-18-10)16-14(17)6-5-11-3-2-4-12(15)9-11/h2-4,9-10,13H,5-8,15H2,1H3,(H,16,17). The molecule has 1 fully saturated rings. The van der Waals surface area contributed by atoms with Gasteiger partial charge in [0.15, 0.2) is 0 Å². The molecule has 1 saturated heterocycles. The Bertz CT molecular complexity index is 420. The van der Waals surface area contributed by atoms with Crippen LogP contribution in [0.1, 0.15) is 25.3 Å². The lowest BCUT2D eigenvalue weighted by Gasteiger charge is -2.15. The Morgan fingerprint density at radius 1 is 1.56 bits per heavy atom. The first-order valence-corrected chi connectivity index (χ1v) is 6.40. The molecule has 0 radical (unpaired) electrons. The number of benzene rings is 1. The van der Waals surface area contributed by atoms with Crippen LogP contribution in [0.4, 0.5) is 5.69 Å². The van der Waals surface area contributed by atoms with Gasteiger partial charge in [-0.3, -0.25) is 4.79 Å². The Hall–Kier alpha value is -1.55. The molecule has 2 unspecified atom stereocenters. The van der Waals surface area contributed by atoms with E-state index in [2.05, 4.69) is 5.32 Å². The van der Waals surface area contributed by atoms with E-state index >= 15 is 0 Å². The summed E-state index contributed by atoms with van der Waals surface area (Å²) >= 11 is 0. The molecule has 3 N–H and O–H groups in total. The van der Waals surface area contributed by atoms with Crippen LogP contribution in [0, 0.1) is 0 Å². The lowest BCUT2D eigenvalue weighted by atomic mass is 10.1. The molecule has 0 aliphatic carbocycles. The van der Waals surface area contributed by atoms with Gasteiger partial charge >= 0.3 is 0 Å². The maximum Gasteiger partial charge on any atom is 0.220 e. The van der Waals surface area contributed by atoms with Gasteiger partial charge in [-0.25, -0.2) is 0 Å². The molecule has 0 aromatic heterocycles. The summed E-state index contributed by atoms with van der Waals surface area (Å²) < 4.78 is 5.41. The molecule has 4 nitrogen and oxygen atoms in total. The maximum atomic E-state index is 11.8. The number of hydrogen-bond acceptors (Lipinski definition) is 3. The average Bonchev–Trinajstić information content (AvgIpc) is 2.73. The van der Waals surface area contributed by atoms with Crippen molar-refractivity contribution in [1.82, 2.24) is 5.32 Å². The molecule has 0 spiro atoms. The summed E-state index contributed by atoms with van der Waals surface area (Å²) in [6.45, 7) is 2.73. The molecule has 1 aliphatic heterocycles. The fourth-order valence-corrected chi connectivity index (χ4v) is 2.21. The van der Waals surface area contributed by atoms with E-state index in [1.807, 2.05) is 31.2 Å². The molecule has 1 amide bonds. The van der Waals surface area contributed by atoms with Crippen molar-refractivity contribution < 1.29 is 9.53 Å². The van der Waals surface area contributed by atoms with Crippen LogP contribution in [0.3, 0.4) is 0 Å². The predicted molar refractivity (Wildman–Crippen MR) is 71.1 cm³/mol. The third-order valence-corrected chi connectivity index (χ3v) is 3.31. The lowest BCUT2D eigenvalue weighted by Crippen LogP contribution is -2.39. The van der Waals surface area contributed by atoms with E-state index in [4.69, 9.17) is 10.5 Å². The summed E-state index contributed by atoms with van der Waals surface area (Å²) in [6.07, 6.45) is 2.25. The largest absolute Gasteiger partial charge is 0.399 e. The van der Waals surface area contributed by atoms with E-state index in [-0.39, 0.29) is 18.1 Å². The molecule has 4 heteroatoms. The Labute approximate surface area is 108 Å². The normalized spacial score (nSPS) is 22.9. The molecule has 98 valence electrons. The molecule has 1 heterocycles. The van der Waals surface area contributed by atoms with Gasteiger partial charge < -0.3 is 15.8 Å². The summed E-state index contributed by atoms with van der Waals surface area (Å²) in [7, 11) is 0. The van der Waals surface area contributed by atoms with Crippen molar-refractivity contribution in [3.63, 3.8) is 0 Å². The summed E-state index contributed by atoms with van der Waals surface area (Å²) in [6, 6.07) is 7.83. The highest BCUT2D eigenvalue weighted by Gasteiger charge is 2.25. The molecule has 1 aliphatic rings. The summed E-state index contributed by atoms with van der Waals surface area (Å²) in [4.78, 5) is 11.8.